The quantitative estimate of drug-likeness (QED) is 0.800. The lowest BCUT2D eigenvalue weighted by molar-refractivity contribution is -0.142. The van der Waals surface area contributed by atoms with Gasteiger partial charge >= 0.3 is 6.18 Å². The van der Waals surface area contributed by atoms with E-state index in [1.54, 1.807) is 0 Å². The number of nitrogens with two attached hydrogens (primary N) is 1. The Hall–Kier alpha value is -2.05. The number of rotatable bonds is 1. The molecule has 0 aliphatic heterocycles. The van der Waals surface area contributed by atoms with Crippen LogP contribution < -0.4 is 5.73 Å². The normalized spacial score (nSPS) is 11.8. The van der Waals surface area contributed by atoms with Crippen LogP contribution in [0.3, 0.4) is 0 Å². The van der Waals surface area contributed by atoms with Gasteiger partial charge in [-0.05, 0) is 31.2 Å². The van der Waals surface area contributed by atoms with E-state index in [4.69, 9.17) is 5.73 Å². The highest BCUT2D eigenvalue weighted by molar-refractivity contribution is 5.52. The molecular formula is C11H9F4N3. The maximum Gasteiger partial charge on any atom is 0.435 e. The second-order valence-electron chi connectivity index (χ2n) is 3.73. The van der Waals surface area contributed by atoms with E-state index in [1.165, 1.54) is 19.1 Å². The summed E-state index contributed by atoms with van der Waals surface area (Å²) in [6, 6.07) is 4.53. The van der Waals surface area contributed by atoms with Gasteiger partial charge in [0, 0.05) is 0 Å². The Bertz CT molecular complexity index is 569. The molecule has 1 heterocycles. The van der Waals surface area contributed by atoms with Crippen molar-refractivity contribution in [3.63, 3.8) is 0 Å². The lowest BCUT2D eigenvalue weighted by atomic mass is 10.2. The standard InChI is InChI=1S/C11H9F4N3/c1-6-9(16)10(11(13,14)15)18(17-6)8-4-2-7(12)3-5-8/h2-5H,16H2,1H3. The minimum absolute atomic E-state index is 0.0756. The molecule has 2 rings (SSSR count). The fourth-order valence-corrected chi connectivity index (χ4v) is 1.58. The first-order valence-electron chi connectivity index (χ1n) is 4.99. The number of hydrogen-bond donors (Lipinski definition) is 1. The topological polar surface area (TPSA) is 43.8 Å². The summed E-state index contributed by atoms with van der Waals surface area (Å²) < 4.78 is 52.0. The molecule has 0 aliphatic rings. The summed E-state index contributed by atoms with van der Waals surface area (Å²) in [4.78, 5) is 0. The predicted octanol–water partition coefficient (Wildman–Crippen LogP) is 2.92. The van der Waals surface area contributed by atoms with Crippen molar-refractivity contribution in [3.05, 3.63) is 41.5 Å². The third kappa shape index (κ3) is 2.03. The SMILES string of the molecule is Cc1nn(-c2ccc(F)cc2)c(C(F)(F)F)c1N. The Labute approximate surface area is 99.8 Å². The summed E-state index contributed by atoms with van der Waals surface area (Å²) in [5.41, 5.74) is 4.08. The fourth-order valence-electron chi connectivity index (χ4n) is 1.58. The molecule has 2 N–H and O–H groups in total. The molecule has 0 aliphatic carbocycles. The lowest BCUT2D eigenvalue weighted by Gasteiger charge is -2.11. The predicted molar refractivity (Wildman–Crippen MR) is 57.7 cm³/mol. The number of aromatic nitrogens is 2. The number of benzene rings is 1. The van der Waals surface area contributed by atoms with E-state index in [9.17, 15) is 17.6 Å². The van der Waals surface area contributed by atoms with Crippen molar-refractivity contribution in [1.29, 1.82) is 0 Å². The first kappa shape index (κ1) is 12.4. The number of aryl methyl sites for hydroxylation is 1. The van der Waals surface area contributed by atoms with Crippen LogP contribution in [-0.4, -0.2) is 9.78 Å². The van der Waals surface area contributed by atoms with Crippen molar-refractivity contribution < 1.29 is 17.6 Å². The van der Waals surface area contributed by atoms with Crippen molar-refractivity contribution in [2.75, 3.05) is 5.73 Å². The first-order chi connectivity index (χ1) is 8.30. The third-order valence-corrected chi connectivity index (χ3v) is 2.45. The average Bonchev–Trinajstić information content (AvgIpc) is 2.56. The number of alkyl halides is 3. The number of nitrogen functional groups attached to an aromatic ring is 1. The van der Waals surface area contributed by atoms with Crippen molar-refractivity contribution in [2.45, 2.75) is 13.1 Å². The van der Waals surface area contributed by atoms with E-state index < -0.39 is 23.4 Å². The second-order valence-corrected chi connectivity index (χ2v) is 3.73. The van der Waals surface area contributed by atoms with Crippen LogP contribution in [0, 0.1) is 12.7 Å². The van der Waals surface area contributed by atoms with Gasteiger partial charge in [-0.25, -0.2) is 9.07 Å². The lowest BCUT2D eigenvalue weighted by Crippen LogP contribution is -2.15. The summed E-state index contributed by atoms with van der Waals surface area (Å²) in [6.07, 6.45) is -4.63. The molecule has 2 aromatic rings. The Morgan fingerprint density at radius 1 is 1.17 bits per heavy atom. The molecule has 7 heteroatoms. The number of anilines is 1. The highest BCUT2D eigenvalue weighted by Crippen LogP contribution is 2.36. The van der Waals surface area contributed by atoms with Gasteiger partial charge in [0.05, 0.1) is 17.1 Å². The Kier molecular flexibility index (Phi) is 2.76. The van der Waals surface area contributed by atoms with Gasteiger partial charge < -0.3 is 5.73 Å². The minimum Gasteiger partial charge on any atom is -0.395 e. The molecule has 0 fully saturated rings. The van der Waals surface area contributed by atoms with Gasteiger partial charge in [0.2, 0.25) is 0 Å². The highest BCUT2D eigenvalue weighted by atomic mass is 19.4. The molecule has 0 amide bonds. The highest BCUT2D eigenvalue weighted by Gasteiger charge is 2.39. The smallest absolute Gasteiger partial charge is 0.395 e. The Balaban J connectivity index is 2.65. The van der Waals surface area contributed by atoms with E-state index in [2.05, 4.69) is 5.10 Å². The van der Waals surface area contributed by atoms with Gasteiger partial charge in [-0.2, -0.15) is 18.3 Å². The zero-order valence-corrected chi connectivity index (χ0v) is 9.29. The molecule has 0 bridgehead atoms. The van der Waals surface area contributed by atoms with Gasteiger partial charge in [-0.1, -0.05) is 0 Å². The summed E-state index contributed by atoms with van der Waals surface area (Å²) in [7, 11) is 0. The van der Waals surface area contributed by atoms with E-state index in [0.29, 0.717) is 4.68 Å². The van der Waals surface area contributed by atoms with Crippen LogP contribution in [0.5, 0.6) is 0 Å². The summed E-state index contributed by atoms with van der Waals surface area (Å²) in [6.45, 7) is 1.38. The summed E-state index contributed by atoms with van der Waals surface area (Å²) in [5.74, 6) is -0.538. The average molecular weight is 259 g/mol. The molecule has 1 aromatic carbocycles. The van der Waals surface area contributed by atoms with Gasteiger partial charge in [-0.15, -0.1) is 0 Å². The molecule has 0 spiro atoms. The monoisotopic (exact) mass is 259 g/mol. The van der Waals surface area contributed by atoms with Crippen molar-refractivity contribution in [1.82, 2.24) is 9.78 Å². The number of nitrogens with zero attached hydrogens (tertiary/aromatic N) is 2. The summed E-state index contributed by atoms with van der Waals surface area (Å²) >= 11 is 0. The molecule has 3 nitrogen and oxygen atoms in total. The molecule has 0 unspecified atom stereocenters. The molecule has 0 atom stereocenters. The van der Waals surface area contributed by atoms with Gasteiger partial charge in [0.1, 0.15) is 5.82 Å². The zero-order chi connectivity index (χ0) is 13.5. The van der Waals surface area contributed by atoms with Crippen LogP contribution in [0.1, 0.15) is 11.4 Å². The van der Waals surface area contributed by atoms with E-state index in [1.807, 2.05) is 0 Å². The maximum absolute atomic E-state index is 12.9. The van der Waals surface area contributed by atoms with Crippen molar-refractivity contribution >= 4 is 5.69 Å². The molecule has 1 aromatic heterocycles. The van der Waals surface area contributed by atoms with Crippen LogP contribution in [0.2, 0.25) is 0 Å². The fraction of sp³-hybridized carbons (Fsp3) is 0.182. The van der Waals surface area contributed by atoms with Crippen LogP contribution in [0.4, 0.5) is 23.2 Å². The molecule has 0 saturated carbocycles. The largest absolute Gasteiger partial charge is 0.435 e. The third-order valence-electron chi connectivity index (χ3n) is 2.45. The minimum atomic E-state index is -4.63. The molecule has 0 radical (unpaired) electrons. The van der Waals surface area contributed by atoms with E-state index >= 15 is 0 Å². The molecule has 0 saturated heterocycles. The van der Waals surface area contributed by atoms with Crippen LogP contribution >= 0.6 is 0 Å². The van der Waals surface area contributed by atoms with Crippen LogP contribution in [0.15, 0.2) is 24.3 Å². The molecular weight excluding hydrogens is 250 g/mol. The van der Waals surface area contributed by atoms with Gasteiger partial charge in [0.25, 0.3) is 0 Å². The van der Waals surface area contributed by atoms with E-state index in [0.717, 1.165) is 12.1 Å². The zero-order valence-electron chi connectivity index (χ0n) is 9.29. The van der Waals surface area contributed by atoms with Crippen molar-refractivity contribution in [2.24, 2.45) is 0 Å². The van der Waals surface area contributed by atoms with Crippen LogP contribution in [-0.2, 0) is 6.18 Å². The number of halogens is 4. The summed E-state index contributed by atoms with van der Waals surface area (Å²) in [5, 5.41) is 3.73. The van der Waals surface area contributed by atoms with E-state index in [-0.39, 0.29) is 11.4 Å². The first-order valence-corrected chi connectivity index (χ1v) is 4.99. The van der Waals surface area contributed by atoms with Crippen molar-refractivity contribution in [3.8, 4) is 5.69 Å². The number of hydrogen-bond acceptors (Lipinski definition) is 2. The Morgan fingerprint density at radius 2 is 1.72 bits per heavy atom. The second kappa shape index (κ2) is 4.01. The van der Waals surface area contributed by atoms with Gasteiger partial charge in [0.15, 0.2) is 5.69 Å². The Morgan fingerprint density at radius 3 is 2.22 bits per heavy atom. The van der Waals surface area contributed by atoms with Crippen LogP contribution in [0.25, 0.3) is 5.69 Å². The molecule has 18 heavy (non-hydrogen) atoms. The maximum atomic E-state index is 12.9. The van der Waals surface area contributed by atoms with Gasteiger partial charge in [-0.3, -0.25) is 0 Å². The molecule has 96 valence electrons.